The lowest BCUT2D eigenvalue weighted by Crippen LogP contribution is -2.33. The number of ether oxygens (including phenoxy) is 1. The molecule has 0 aromatic rings. The molecule has 88 valence electrons. The number of nitrogens with one attached hydrogen (secondary N) is 1. The molecule has 1 atom stereocenters. The molecule has 15 heavy (non-hydrogen) atoms. The van der Waals surface area contributed by atoms with Crippen LogP contribution in [0.4, 0.5) is 4.79 Å². The molecule has 0 aromatic heterocycles. The van der Waals surface area contributed by atoms with Gasteiger partial charge in [0.2, 0.25) is 0 Å². The first-order valence-corrected chi connectivity index (χ1v) is 5.21. The van der Waals surface area contributed by atoms with Crippen LogP contribution in [0.5, 0.6) is 0 Å². The third kappa shape index (κ3) is 9.05. The first kappa shape index (κ1) is 13.7. The monoisotopic (exact) mass is 217 g/mol. The number of aliphatic carboxylic acids is 1. The number of amides is 1. The first-order valence-electron chi connectivity index (χ1n) is 5.21. The van der Waals surface area contributed by atoms with Gasteiger partial charge in [-0.15, -0.1) is 0 Å². The Morgan fingerprint density at radius 3 is 2.67 bits per heavy atom. The smallest absolute Gasteiger partial charge is 0.407 e. The maximum atomic E-state index is 11.1. The van der Waals surface area contributed by atoms with E-state index in [2.05, 4.69) is 5.32 Å². The maximum absolute atomic E-state index is 11.1. The van der Waals surface area contributed by atoms with Gasteiger partial charge >= 0.3 is 12.1 Å². The molecule has 0 spiro atoms. The van der Waals surface area contributed by atoms with Gasteiger partial charge in [-0.3, -0.25) is 4.79 Å². The average Bonchev–Trinajstić information content (AvgIpc) is 2.15. The zero-order valence-corrected chi connectivity index (χ0v) is 9.28. The Labute approximate surface area is 89.8 Å². The summed E-state index contributed by atoms with van der Waals surface area (Å²) in [5.41, 5.74) is 0. The van der Waals surface area contributed by atoms with Gasteiger partial charge in [0.05, 0.1) is 6.61 Å². The number of carboxylic acid groups (broad SMARTS) is 1. The number of hydrogen-bond acceptors (Lipinski definition) is 3. The van der Waals surface area contributed by atoms with Crippen molar-refractivity contribution in [1.29, 1.82) is 0 Å². The molecule has 1 unspecified atom stereocenters. The second-order valence-corrected chi connectivity index (χ2v) is 3.47. The fourth-order valence-corrected chi connectivity index (χ4v) is 0.964. The Bertz CT molecular complexity index is 206. The number of hydrogen-bond donors (Lipinski definition) is 2. The standard InChI is InChI=1S/C10H19NO4/c1-3-4-7-15-10(14)11-8(2)5-6-9(12)13/h8H,3-7H2,1-2H3,(H,11,14)(H,12,13). The lowest BCUT2D eigenvalue weighted by atomic mass is 10.2. The van der Waals surface area contributed by atoms with E-state index >= 15 is 0 Å². The number of unbranched alkanes of at least 4 members (excludes halogenated alkanes) is 1. The predicted octanol–water partition coefficient (Wildman–Crippen LogP) is 1.77. The van der Waals surface area contributed by atoms with Crippen molar-refractivity contribution in [3.05, 3.63) is 0 Å². The molecular formula is C10H19NO4. The van der Waals surface area contributed by atoms with Gasteiger partial charge in [0.15, 0.2) is 0 Å². The summed E-state index contributed by atoms with van der Waals surface area (Å²) in [7, 11) is 0. The van der Waals surface area contributed by atoms with E-state index < -0.39 is 12.1 Å². The SMILES string of the molecule is CCCCOC(=O)NC(C)CCC(=O)O. The van der Waals surface area contributed by atoms with Crippen molar-refractivity contribution >= 4 is 12.1 Å². The van der Waals surface area contributed by atoms with Crippen LogP contribution in [-0.4, -0.2) is 29.8 Å². The van der Waals surface area contributed by atoms with E-state index in [9.17, 15) is 9.59 Å². The maximum Gasteiger partial charge on any atom is 0.407 e. The highest BCUT2D eigenvalue weighted by molar-refractivity contribution is 5.68. The van der Waals surface area contributed by atoms with Crippen molar-refractivity contribution in [2.45, 2.75) is 45.6 Å². The number of carboxylic acids is 1. The molecule has 0 heterocycles. The van der Waals surface area contributed by atoms with Crippen molar-refractivity contribution < 1.29 is 19.4 Å². The Morgan fingerprint density at radius 1 is 1.47 bits per heavy atom. The van der Waals surface area contributed by atoms with Crippen LogP contribution in [0.1, 0.15) is 39.5 Å². The molecule has 0 radical (unpaired) electrons. The van der Waals surface area contributed by atoms with Gasteiger partial charge in [0.1, 0.15) is 0 Å². The first-order chi connectivity index (χ1) is 7.06. The largest absolute Gasteiger partial charge is 0.481 e. The van der Waals surface area contributed by atoms with Gasteiger partial charge in [-0.25, -0.2) is 4.79 Å². The van der Waals surface area contributed by atoms with Crippen LogP contribution in [0.2, 0.25) is 0 Å². The third-order valence-corrected chi connectivity index (χ3v) is 1.89. The summed E-state index contributed by atoms with van der Waals surface area (Å²) in [4.78, 5) is 21.3. The fourth-order valence-electron chi connectivity index (χ4n) is 0.964. The summed E-state index contributed by atoms with van der Waals surface area (Å²) >= 11 is 0. The molecule has 0 rings (SSSR count). The lowest BCUT2D eigenvalue weighted by molar-refractivity contribution is -0.137. The van der Waals surface area contributed by atoms with E-state index in [0.717, 1.165) is 12.8 Å². The molecule has 1 amide bonds. The van der Waals surface area contributed by atoms with Crippen LogP contribution in [0, 0.1) is 0 Å². The second kappa shape index (κ2) is 8.08. The van der Waals surface area contributed by atoms with Crippen LogP contribution in [0.25, 0.3) is 0 Å². The molecule has 0 saturated heterocycles. The normalized spacial score (nSPS) is 11.9. The van der Waals surface area contributed by atoms with Gasteiger partial charge in [-0.05, 0) is 19.8 Å². The van der Waals surface area contributed by atoms with Crippen LogP contribution in [0.3, 0.4) is 0 Å². The minimum atomic E-state index is -0.858. The molecule has 0 aliphatic heterocycles. The minimum absolute atomic E-state index is 0.0520. The number of rotatable bonds is 7. The van der Waals surface area contributed by atoms with Crippen molar-refractivity contribution in [3.8, 4) is 0 Å². The van der Waals surface area contributed by atoms with Gasteiger partial charge in [-0.1, -0.05) is 13.3 Å². The quantitative estimate of drug-likeness (QED) is 0.637. The van der Waals surface area contributed by atoms with Crippen molar-refractivity contribution in [2.24, 2.45) is 0 Å². The van der Waals surface area contributed by atoms with Gasteiger partial charge in [-0.2, -0.15) is 0 Å². The van der Waals surface area contributed by atoms with Crippen molar-refractivity contribution in [3.63, 3.8) is 0 Å². The van der Waals surface area contributed by atoms with Gasteiger partial charge < -0.3 is 15.2 Å². The minimum Gasteiger partial charge on any atom is -0.481 e. The summed E-state index contributed by atoms with van der Waals surface area (Å²) in [6.45, 7) is 4.18. The second-order valence-electron chi connectivity index (χ2n) is 3.47. The molecular weight excluding hydrogens is 198 g/mol. The van der Waals surface area contributed by atoms with Gasteiger partial charge in [0, 0.05) is 12.5 Å². The van der Waals surface area contributed by atoms with Crippen molar-refractivity contribution in [1.82, 2.24) is 5.32 Å². The highest BCUT2D eigenvalue weighted by atomic mass is 16.5. The summed E-state index contributed by atoms with van der Waals surface area (Å²) in [5, 5.41) is 11.0. The number of carbonyl (C=O) groups is 2. The predicted molar refractivity (Wildman–Crippen MR) is 55.7 cm³/mol. The number of carbonyl (C=O) groups excluding carboxylic acids is 1. The summed E-state index contributed by atoms with van der Waals surface area (Å²) in [5.74, 6) is -0.858. The average molecular weight is 217 g/mol. The molecule has 0 saturated carbocycles. The Morgan fingerprint density at radius 2 is 2.13 bits per heavy atom. The molecule has 0 aromatic carbocycles. The summed E-state index contributed by atoms with van der Waals surface area (Å²) in [6.07, 6.45) is 1.81. The zero-order valence-electron chi connectivity index (χ0n) is 9.28. The Hall–Kier alpha value is -1.26. The zero-order chi connectivity index (χ0) is 11.7. The molecule has 0 aliphatic carbocycles. The van der Waals surface area contributed by atoms with Gasteiger partial charge in [0.25, 0.3) is 0 Å². The lowest BCUT2D eigenvalue weighted by Gasteiger charge is -2.12. The third-order valence-electron chi connectivity index (χ3n) is 1.89. The van der Waals surface area contributed by atoms with E-state index in [1.54, 1.807) is 6.92 Å². The van der Waals surface area contributed by atoms with Crippen LogP contribution in [0.15, 0.2) is 0 Å². The van der Waals surface area contributed by atoms with E-state index in [1.807, 2.05) is 6.92 Å². The van der Waals surface area contributed by atoms with E-state index in [-0.39, 0.29) is 12.5 Å². The number of alkyl carbamates (subject to hydrolysis) is 1. The van der Waals surface area contributed by atoms with Crippen LogP contribution in [-0.2, 0) is 9.53 Å². The molecule has 2 N–H and O–H groups in total. The van der Waals surface area contributed by atoms with E-state index in [1.165, 1.54) is 0 Å². The van der Waals surface area contributed by atoms with E-state index in [0.29, 0.717) is 13.0 Å². The fraction of sp³-hybridized carbons (Fsp3) is 0.800. The van der Waals surface area contributed by atoms with Crippen LogP contribution < -0.4 is 5.32 Å². The Kier molecular flexibility index (Phi) is 7.40. The summed E-state index contributed by atoms with van der Waals surface area (Å²) in [6, 6.07) is -0.171. The molecule has 0 bridgehead atoms. The molecule has 5 nitrogen and oxygen atoms in total. The summed E-state index contributed by atoms with van der Waals surface area (Å²) < 4.78 is 4.86. The molecule has 5 heteroatoms. The van der Waals surface area contributed by atoms with E-state index in [4.69, 9.17) is 9.84 Å². The molecule has 0 fully saturated rings. The topological polar surface area (TPSA) is 75.6 Å². The Balaban J connectivity index is 3.53. The van der Waals surface area contributed by atoms with Crippen LogP contribution >= 0.6 is 0 Å². The highest BCUT2D eigenvalue weighted by Crippen LogP contribution is 1.97. The van der Waals surface area contributed by atoms with Crippen molar-refractivity contribution in [2.75, 3.05) is 6.61 Å². The highest BCUT2D eigenvalue weighted by Gasteiger charge is 2.09. The molecule has 0 aliphatic rings.